The lowest BCUT2D eigenvalue weighted by Crippen LogP contribution is -2.23. The summed E-state index contributed by atoms with van der Waals surface area (Å²) >= 11 is 0. The van der Waals surface area contributed by atoms with E-state index in [4.69, 9.17) is 9.72 Å². The molecule has 3 rings (SSSR count). The highest BCUT2D eigenvalue weighted by molar-refractivity contribution is 5.42. The lowest BCUT2D eigenvalue weighted by molar-refractivity contribution is 0.339. The van der Waals surface area contributed by atoms with Crippen LogP contribution in [0.15, 0.2) is 30.3 Å². The largest absolute Gasteiger partial charge is 0.492 e. The van der Waals surface area contributed by atoms with Crippen molar-refractivity contribution in [2.75, 3.05) is 6.61 Å². The summed E-state index contributed by atoms with van der Waals surface area (Å²) in [6.45, 7) is 7.68. The molecule has 110 valence electrons. The van der Waals surface area contributed by atoms with E-state index < -0.39 is 0 Å². The molecule has 2 aromatic rings. The molecule has 0 saturated carbocycles. The third-order valence-electron chi connectivity index (χ3n) is 3.63. The number of aryl methyl sites for hydroxylation is 1. The van der Waals surface area contributed by atoms with E-state index in [2.05, 4.69) is 30.2 Å². The molecule has 0 spiro atoms. The highest BCUT2D eigenvalue weighted by Crippen LogP contribution is 2.36. The maximum Gasteiger partial charge on any atom is 0.139 e. The van der Waals surface area contributed by atoms with Crippen LogP contribution in [0.3, 0.4) is 0 Å². The molecule has 0 saturated heterocycles. The summed E-state index contributed by atoms with van der Waals surface area (Å²) in [7, 11) is 0. The Balaban J connectivity index is 1.89. The van der Waals surface area contributed by atoms with Crippen LogP contribution in [0.4, 0.5) is 0 Å². The molecule has 0 aliphatic carbocycles. The smallest absolute Gasteiger partial charge is 0.139 e. The summed E-state index contributed by atoms with van der Waals surface area (Å²) < 4.78 is 5.75. The number of benzene rings is 1. The van der Waals surface area contributed by atoms with E-state index in [1.165, 1.54) is 5.56 Å². The maximum atomic E-state index is 5.75. The van der Waals surface area contributed by atoms with Crippen molar-refractivity contribution in [2.24, 2.45) is 0 Å². The summed E-state index contributed by atoms with van der Waals surface area (Å²) in [5.41, 5.74) is 3.23. The van der Waals surface area contributed by atoms with E-state index in [-0.39, 0.29) is 5.92 Å². The van der Waals surface area contributed by atoms with Gasteiger partial charge in [0.15, 0.2) is 0 Å². The van der Waals surface area contributed by atoms with Gasteiger partial charge in [0, 0.05) is 23.8 Å². The molecule has 1 aromatic heterocycles. The highest BCUT2D eigenvalue weighted by Gasteiger charge is 2.27. The Morgan fingerprint density at radius 2 is 2.10 bits per heavy atom. The second-order valence-corrected chi connectivity index (χ2v) is 5.80. The Kier molecular flexibility index (Phi) is 3.88. The van der Waals surface area contributed by atoms with Crippen LogP contribution < -0.4 is 10.1 Å². The van der Waals surface area contributed by atoms with Gasteiger partial charge in [0.1, 0.15) is 18.2 Å². The molecule has 4 nitrogen and oxygen atoms in total. The van der Waals surface area contributed by atoms with Crippen LogP contribution in [0.2, 0.25) is 0 Å². The Hall–Kier alpha value is -1.94. The van der Waals surface area contributed by atoms with Crippen molar-refractivity contribution in [2.45, 2.75) is 39.3 Å². The lowest BCUT2D eigenvalue weighted by Gasteiger charge is -2.12. The molecule has 1 atom stereocenters. The molecular weight excluding hydrogens is 262 g/mol. The van der Waals surface area contributed by atoms with Crippen LogP contribution in [0, 0.1) is 6.92 Å². The van der Waals surface area contributed by atoms with E-state index in [0.717, 1.165) is 29.5 Å². The van der Waals surface area contributed by atoms with Gasteiger partial charge in [0.05, 0.1) is 11.6 Å². The molecule has 0 radical (unpaired) electrons. The second kappa shape index (κ2) is 5.82. The van der Waals surface area contributed by atoms with E-state index in [1.807, 2.05) is 31.2 Å². The number of hydrogen-bond donors (Lipinski definition) is 1. The molecule has 21 heavy (non-hydrogen) atoms. The number of aromatic nitrogens is 2. The number of nitrogens with zero attached hydrogens (tertiary/aromatic N) is 2. The van der Waals surface area contributed by atoms with Gasteiger partial charge in [-0.25, -0.2) is 9.97 Å². The first-order chi connectivity index (χ1) is 10.1. The van der Waals surface area contributed by atoms with E-state index in [9.17, 15) is 0 Å². The van der Waals surface area contributed by atoms with Crippen molar-refractivity contribution in [3.63, 3.8) is 0 Å². The van der Waals surface area contributed by atoms with Gasteiger partial charge in [0.2, 0.25) is 0 Å². The zero-order valence-electron chi connectivity index (χ0n) is 12.8. The summed E-state index contributed by atoms with van der Waals surface area (Å²) in [6, 6.07) is 10.6. The first-order valence-corrected chi connectivity index (χ1v) is 7.43. The van der Waals surface area contributed by atoms with Crippen LogP contribution in [-0.4, -0.2) is 22.6 Å². The Morgan fingerprint density at radius 1 is 1.29 bits per heavy atom. The third-order valence-corrected chi connectivity index (χ3v) is 3.63. The average molecular weight is 283 g/mol. The van der Waals surface area contributed by atoms with E-state index in [0.29, 0.717) is 12.6 Å². The van der Waals surface area contributed by atoms with Crippen molar-refractivity contribution in [3.05, 3.63) is 53.1 Å². The monoisotopic (exact) mass is 283 g/mol. The number of hydrogen-bond acceptors (Lipinski definition) is 4. The van der Waals surface area contributed by atoms with E-state index in [1.54, 1.807) is 0 Å². The summed E-state index contributed by atoms with van der Waals surface area (Å²) in [4.78, 5) is 9.36. The minimum Gasteiger partial charge on any atom is -0.492 e. The van der Waals surface area contributed by atoms with Gasteiger partial charge in [0.25, 0.3) is 0 Å². The molecule has 0 amide bonds. The number of para-hydroxylation sites is 1. The molecule has 1 unspecified atom stereocenters. The van der Waals surface area contributed by atoms with Crippen LogP contribution in [-0.2, 0) is 6.54 Å². The number of ether oxygens (including phenoxy) is 1. The zero-order chi connectivity index (χ0) is 14.8. The minimum absolute atomic E-state index is 0.138. The second-order valence-electron chi connectivity index (χ2n) is 5.80. The van der Waals surface area contributed by atoms with Crippen LogP contribution in [0.25, 0.3) is 0 Å². The van der Waals surface area contributed by atoms with Gasteiger partial charge < -0.3 is 10.1 Å². The molecule has 1 N–H and O–H groups in total. The van der Waals surface area contributed by atoms with Crippen molar-refractivity contribution < 1.29 is 4.74 Å². The van der Waals surface area contributed by atoms with Crippen molar-refractivity contribution in [3.8, 4) is 5.75 Å². The predicted molar refractivity (Wildman–Crippen MR) is 82.5 cm³/mol. The van der Waals surface area contributed by atoms with Gasteiger partial charge >= 0.3 is 0 Å². The maximum absolute atomic E-state index is 5.75. The van der Waals surface area contributed by atoms with Gasteiger partial charge in [-0.2, -0.15) is 0 Å². The standard InChI is InChI=1S/C17H21N3O/c1-11(2)18-9-13-8-12(3)19-17(20-13)15-10-21-16-7-5-4-6-14(15)16/h4-8,11,15,18H,9-10H2,1-3H3. The molecule has 1 aliphatic heterocycles. The van der Waals surface area contributed by atoms with Crippen LogP contribution in [0.5, 0.6) is 5.75 Å². The van der Waals surface area contributed by atoms with E-state index >= 15 is 0 Å². The Morgan fingerprint density at radius 3 is 2.90 bits per heavy atom. The van der Waals surface area contributed by atoms with Gasteiger partial charge in [-0.05, 0) is 19.1 Å². The number of rotatable bonds is 4. The number of fused-ring (bicyclic) bond motifs is 1. The molecule has 2 heterocycles. The highest BCUT2D eigenvalue weighted by atomic mass is 16.5. The van der Waals surface area contributed by atoms with Gasteiger partial charge in [-0.15, -0.1) is 0 Å². The Bertz CT molecular complexity index is 640. The van der Waals surface area contributed by atoms with Crippen molar-refractivity contribution in [1.82, 2.24) is 15.3 Å². The Labute approximate surface area is 125 Å². The predicted octanol–water partition coefficient (Wildman–Crippen LogP) is 2.81. The fourth-order valence-corrected chi connectivity index (χ4v) is 2.59. The van der Waals surface area contributed by atoms with Gasteiger partial charge in [-0.3, -0.25) is 0 Å². The molecule has 0 bridgehead atoms. The average Bonchev–Trinajstić information content (AvgIpc) is 2.88. The summed E-state index contributed by atoms with van der Waals surface area (Å²) in [5.74, 6) is 1.95. The molecule has 1 aliphatic rings. The van der Waals surface area contributed by atoms with Crippen LogP contribution in [0.1, 0.15) is 42.5 Å². The normalized spacial score (nSPS) is 16.9. The lowest BCUT2D eigenvalue weighted by atomic mass is 10.0. The van der Waals surface area contributed by atoms with Crippen molar-refractivity contribution >= 4 is 0 Å². The summed E-state index contributed by atoms with van der Waals surface area (Å²) in [6.07, 6.45) is 0. The molecule has 1 aromatic carbocycles. The molecule has 4 heteroatoms. The van der Waals surface area contributed by atoms with Crippen molar-refractivity contribution in [1.29, 1.82) is 0 Å². The summed E-state index contributed by atoms with van der Waals surface area (Å²) in [5, 5.41) is 3.40. The topological polar surface area (TPSA) is 47.0 Å². The molecule has 0 fully saturated rings. The fraction of sp³-hybridized carbons (Fsp3) is 0.412. The minimum atomic E-state index is 0.138. The first-order valence-electron chi connectivity index (χ1n) is 7.43. The quantitative estimate of drug-likeness (QED) is 0.937. The van der Waals surface area contributed by atoms with Crippen LogP contribution >= 0.6 is 0 Å². The zero-order valence-corrected chi connectivity index (χ0v) is 12.8. The van der Waals surface area contributed by atoms with Gasteiger partial charge in [-0.1, -0.05) is 32.0 Å². The third kappa shape index (κ3) is 3.05. The SMILES string of the molecule is Cc1cc(CNC(C)C)nc(C2COc3ccccc32)n1. The number of nitrogens with one attached hydrogen (secondary N) is 1. The fourth-order valence-electron chi connectivity index (χ4n) is 2.59. The molecular formula is C17H21N3O. The first kappa shape index (κ1) is 14.0.